The van der Waals surface area contributed by atoms with E-state index in [0.717, 1.165) is 25.9 Å². The van der Waals surface area contributed by atoms with Gasteiger partial charge in [-0.25, -0.2) is 0 Å². The Balaban J connectivity index is 1.76. The minimum Gasteiger partial charge on any atom is -0.339 e. The molecule has 0 bridgehead atoms. The fourth-order valence-electron chi connectivity index (χ4n) is 2.70. The monoisotopic (exact) mass is 362 g/mol. The first kappa shape index (κ1) is 16.8. The average Bonchev–Trinajstić information content (AvgIpc) is 3.08. The second-order valence-corrected chi connectivity index (χ2v) is 6.50. The highest BCUT2D eigenvalue weighted by molar-refractivity contribution is 6.37. The SMILES string of the molecule is O=C(Nc1cccc(C(=O)N2CCCC2)c1)c1ccc(Cl)cc1Cl. The van der Waals surface area contributed by atoms with Crippen molar-refractivity contribution in [2.45, 2.75) is 12.8 Å². The van der Waals surface area contributed by atoms with Gasteiger partial charge < -0.3 is 10.2 Å². The predicted octanol–water partition coefficient (Wildman–Crippen LogP) is 4.48. The number of hydrogen-bond acceptors (Lipinski definition) is 2. The minimum atomic E-state index is -0.345. The van der Waals surface area contributed by atoms with Gasteiger partial charge in [-0.05, 0) is 49.2 Å². The standard InChI is InChI=1S/C18H16Cl2N2O2/c19-13-6-7-15(16(20)11-13)17(23)21-14-5-3-4-12(10-14)18(24)22-8-1-2-9-22/h3-7,10-11H,1-2,8-9H2,(H,21,23). The lowest BCUT2D eigenvalue weighted by Gasteiger charge is -2.16. The van der Waals surface area contributed by atoms with Gasteiger partial charge in [0.15, 0.2) is 0 Å². The summed E-state index contributed by atoms with van der Waals surface area (Å²) in [5.41, 5.74) is 1.45. The molecule has 24 heavy (non-hydrogen) atoms. The van der Waals surface area contributed by atoms with Crippen LogP contribution in [0.2, 0.25) is 10.0 Å². The molecule has 1 heterocycles. The van der Waals surface area contributed by atoms with Gasteiger partial charge in [0.1, 0.15) is 0 Å². The summed E-state index contributed by atoms with van der Waals surface area (Å²) < 4.78 is 0. The van der Waals surface area contributed by atoms with E-state index in [4.69, 9.17) is 23.2 Å². The molecule has 1 aliphatic rings. The van der Waals surface area contributed by atoms with Gasteiger partial charge in [0.2, 0.25) is 0 Å². The lowest BCUT2D eigenvalue weighted by molar-refractivity contribution is 0.0792. The maximum absolute atomic E-state index is 12.4. The summed E-state index contributed by atoms with van der Waals surface area (Å²) in [5, 5.41) is 3.52. The molecule has 0 spiro atoms. The number of carbonyl (C=O) groups excluding carboxylic acids is 2. The molecule has 3 rings (SSSR count). The molecule has 2 amide bonds. The van der Waals surface area contributed by atoms with Crippen LogP contribution < -0.4 is 5.32 Å². The number of amides is 2. The van der Waals surface area contributed by atoms with Crippen LogP contribution in [0, 0.1) is 0 Å². The summed E-state index contributed by atoms with van der Waals surface area (Å²) in [6, 6.07) is 11.6. The number of likely N-dealkylation sites (tertiary alicyclic amines) is 1. The van der Waals surface area contributed by atoms with Gasteiger partial charge in [0, 0.05) is 29.4 Å². The first-order chi connectivity index (χ1) is 11.5. The lowest BCUT2D eigenvalue weighted by atomic mass is 10.1. The van der Waals surface area contributed by atoms with Crippen LogP contribution in [0.15, 0.2) is 42.5 Å². The van der Waals surface area contributed by atoms with E-state index in [1.807, 2.05) is 4.90 Å². The molecule has 0 atom stereocenters. The number of rotatable bonds is 3. The largest absolute Gasteiger partial charge is 0.339 e. The molecule has 124 valence electrons. The highest BCUT2D eigenvalue weighted by atomic mass is 35.5. The van der Waals surface area contributed by atoms with Gasteiger partial charge in [-0.2, -0.15) is 0 Å². The minimum absolute atomic E-state index is 0.00637. The molecule has 0 radical (unpaired) electrons. The van der Waals surface area contributed by atoms with E-state index in [-0.39, 0.29) is 16.8 Å². The van der Waals surface area contributed by atoms with Crippen LogP contribution in [0.1, 0.15) is 33.6 Å². The summed E-state index contributed by atoms with van der Waals surface area (Å²) in [5.74, 6) is -0.351. The van der Waals surface area contributed by atoms with E-state index in [1.165, 1.54) is 6.07 Å². The van der Waals surface area contributed by atoms with E-state index in [1.54, 1.807) is 36.4 Å². The molecule has 2 aromatic rings. The average molecular weight is 363 g/mol. The molecule has 6 heteroatoms. The van der Waals surface area contributed by atoms with Crippen LogP contribution in [-0.2, 0) is 0 Å². The quantitative estimate of drug-likeness (QED) is 0.874. The van der Waals surface area contributed by atoms with Crippen molar-refractivity contribution in [2.75, 3.05) is 18.4 Å². The van der Waals surface area contributed by atoms with Crippen molar-refractivity contribution in [2.24, 2.45) is 0 Å². The van der Waals surface area contributed by atoms with Gasteiger partial charge in [0.05, 0.1) is 10.6 Å². The zero-order valence-electron chi connectivity index (χ0n) is 12.9. The van der Waals surface area contributed by atoms with Crippen molar-refractivity contribution >= 4 is 40.7 Å². The van der Waals surface area contributed by atoms with Crippen molar-refractivity contribution in [1.82, 2.24) is 4.90 Å². The summed E-state index contributed by atoms with van der Waals surface area (Å²) >= 11 is 11.9. The smallest absolute Gasteiger partial charge is 0.257 e. The van der Waals surface area contributed by atoms with Gasteiger partial charge in [-0.3, -0.25) is 9.59 Å². The highest BCUT2D eigenvalue weighted by Gasteiger charge is 2.20. The Labute approximate surface area is 150 Å². The normalized spacial score (nSPS) is 13.8. The number of nitrogens with zero attached hydrogens (tertiary/aromatic N) is 1. The maximum atomic E-state index is 12.4. The third-order valence-electron chi connectivity index (χ3n) is 3.94. The Morgan fingerprint density at radius 1 is 1.00 bits per heavy atom. The van der Waals surface area contributed by atoms with Crippen LogP contribution in [0.4, 0.5) is 5.69 Å². The Kier molecular flexibility index (Phi) is 5.07. The summed E-state index contributed by atoms with van der Waals surface area (Å²) in [4.78, 5) is 26.6. The van der Waals surface area contributed by atoms with Crippen LogP contribution in [0.5, 0.6) is 0 Å². The molecule has 2 aromatic carbocycles. The summed E-state index contributed by atoms with van der Waals surface area (Å²) in [6.07, 6.45) is 2.08. The highest BCUT2D eigenvalue weighted by Crippen LogP contribution is 2.23. The van der Waals surface area contributed by atoms with Crippen molar-refractivity contribution in [3.63, 3.8) is 0 Å². The molecule has 0 saturated carbocycles. The molecule has 1 N–H and O–H groups in total. The van der Waals surface area contributed by atoms with E-state index < -0.39 is 0 Å². The van der Waals surface area contributed by atoms with Crippen LogP contribution >= 0.6 is 23.2 Å². The zero-order valence-corrected chi connectivity index (χ0v) is 14.4. The summed E-state index contributed by atoms with van der Waals surface area (Å²) in [6.45, 7) is 1.58. The van der Waals surface area contributed by atoms with Gasteiger partial charge >= 0.3 is 0 Å². The van der Waals surface area contributed by atoms with Crippen molar-refractivity contribution in [3.8, 4) is 0 Å². The molecular formula is C18H16Cl2N2O2. The van der Waals surface area contributed by atoms with Gasteiger partial charge in [-0.15, -0.1) is 0 Å². The third-order valence-corrected chi connectivity index (χ3v) is 4.48. The van der Waals surface area contributed by atoms with Crippen molar-refractivity contribution < 1.29 is 9.59 Å². The van der Waals surface area contributed by atoms with E-state index in [2.05, 4.69) is 5.32 Å². The molecule has 1 saturated heterocycles. The topological polar surface area (TPSA) is 49.4 Å². The maximum Gasteiger partial charge on any atom is 0.257 e. The number of carbonyl (C=O) groups is 2. The number of hydrogen-bond donors (Lipinski definition) is 1. The Bertz CT molecular complexity index is 786. The second-order valence-electron chi connectivity index (χ2n) is 5.66. The van der Waals surface area contributed by atoms with Gasteiger partial charge in [0.25, 0.3) is 11.8 Å². The fraction of sp³-hybridized carbons (Fsp3) is 0.222. The first-order valence-corrected chi connectivity index (χ1v) is 8.46. The predicted molar refractivity (Wildman–Crippen MR) is 96.0 cm³/mol. The molecular weight excluding hydrogens is 347 g/mol. The molecule has 4 nitrogen and oxygen atoms in total. The van der Waals surface area contributed by atoms with E-state index in [9.17, 15) is 9.59 Å². The van der Waals surface area contributed by atoms with Gasteiger partial charge in [-0.1, -0.05) is 29.3 Å². The molecule has 0 aromatic heterocycles. The fourth-order valence-corrected chi connectivity index (χ4v) is 3.20. The van der Waals surface area contributed by atoms with Crippen molar-refractivity contribution in [1.29, 1.82) is 0 Å². The summed E-state index contributed by atoms with van der Waals surface area (Å²) in [7, 11) is 0. The third kappa shape index (κ3) is 3.71. The Hall–Kier alpha value is -2.04. The Morgan fingerprint density at radius 2 is 1.75 bits per heavy atom. The van der Waals surface area contributed by atoms with Crippen LogP contribution in [0.25, 0.3) is 0 Å². The van der Waals surface area contributed by atoms with E-state index >= 15 is 0 Å². The second kappa shape index (κ2) is 7.24. The Morgan fingerprint density at radius 3 is 2.46 bits per heavy atom. The van der Waals surface area contributed by atoms with Crippen molar-refractivity contribution in [3.05, 3.63) is 63.6 Å². The zero-order chi connectivity index (χ0) is 17.1. The lowest BCUT2D eigenvalue weighted by Crippen LogP contribution is -2.27. The molecule has 0 aliphatic carbocycles. The molecule has 1 aliphatic heterocycles. The molecule has 1 fully saturated rings. The number of nitrogens with one attached hydrogen (secondary N) is 1. The van der Waals surface area contributed by atoms with Crippen LogP contribution in [-0.4, -0.2) is 29.8 Å². The number of halogens is 2. The van der Waals surface area contributed by atoms with Crippen LogP contribution in [0.3, 0.4) is 0 Å². The first-order valence-electron chi connectivity index (χ1n) is 7.70. The number of benzene rings is 2. The number of anilines is 1. The van der Waals surface area contributed by atoms with E-state index in [0.29, 0.717) is 21.8 Å². The molecule has 0 unspecified atom stereocenters.